The van der Waals surface area contributed by atoms with Crippen LogP contribution in [-0.2, 0) is 26.2 Å². The zero-order valence-electron chi connectivity index (χ0n) is 16.8. The first-order valence-corrected chi connectivity index (χ1v) is 11.0. The molecule has 0 radical (unpaired) electrons. The molecule has 2 N–H and O–H groups in total. The first kappa shape index (κ1) is 24.6. The third kappa shape index (κ3) is 6.93. The molecule has 0 bridgehead atoms. The highest BCUT2D eigenvalue weighted by atomic mass is 35.5. The van der Waals surface area contributed by atoms with Gasteiger partial charge >= 0.3 is 11.9 Å². The van der Waals surface area contributed by atoms with Gasteiger partial charge in [-0.3, -0.25) is 4.90 Å². The summed E-state index contributed by atoms with van der Waals surface area (Å²) in [6.07, 6.45) is 0. The molecule has 3 rings (SSSR count). The summed E-state index contributed by atoms with van der Waals surface area (Å²) in [5.41, 5.74) is 1.11. The molecule has 9 nitrogen and oxygen atoms in total. The molecule has 0 aliphatic carbocycles. The van der Waals surface area contributed by atoms with Gasteiger partial charge < -0.3 is 14.9 Å². The van der Waals surface area contributed by atoms with Gasteiger partial charge in [-0.15, -0.1) is 0 Å². The smallest absolute Gasteiger partial charge is 0.414 e. The van der Waals surface area contributed by atoms with Crippen molar-refractivity contribution in [2.24, 2.45) is 0 Å². The number of hydrogen-bond acceptors (Lipinski definition) is 6. The van der Waals surface area contributed by atoms with Crippen LogP contribution in [0.3, 0.4) is 0 Å². The molecule has 1 aliphatic rings. The fraction of sp³-hybridized carbons (Fsp3) is 0.300. The van der Waals surface area contributed by atoms with E-state index in [2.05, 4.69) is 4.90 Å². The highest BCUT2D eigenvalue weighted by Crippen LogP contribution is 2.22. The zero-order valence-corrected chi connectivity index (χ0v) is 18.3. The molecule has 2 aromatic rings. The SMILES string of the molecule is COc1ccccc1CN1CCN(S(=O)(=O)c2ccc(Cl)cc2)CC1.O=C(O)C(=O)O. The normalized spacial score (nSPS) is 14.9. The van der Waals surface area contributed by atoms with E-state index < -0.39 is 22.0 Å². The third-order valence-electron chi connectivity index (χ3n) is 4.55. The lowest BCUT2D eigenvalue weighted by Gasteiger charge is -2.34. The summed E-state index contributed by atoms with van der Waals surface area (Å²) in [4.78, 5) is 20.7. The van der Waals surface area contributed by atoms with Gasteiger partial charge in [0.1, 0.15) is 5.75 Å². The minimum absolute atomic E-state index is 0.287. The van der Waals surface area contributed by atoms with E-state index in [1.165, 1.54) is 4.31 Å². The van der Waals surface area contributed by atoms with E-state index >= 15 is 0 Å². The number of methoxy groups -OCH3 is 1. The third-order valence-corrected chi connectivity index (χ3v) is 6.72. The quantitative estimate of drug-likeness (QED) is 0.636. The van der Waals surface area contributed by atoms with Gasteiger partial charge in [-0.05, 0) is 30.3 Å². The van der Waals surface area contributed by atoms with Crippen molar-refractivity contribution in [2.75, 3.05) is 33.3 Å². The molecule has 0 spiro atoms. The molecule has 31 heavy (non-hydrogen) atoms. The number of ether oxygens (including phenoxy) is 1. The topological polar surface area (TPSA) is 124 Å². The number of nitrogens with zero attached hydrogens (tertiary/aromatic N) is 2. The number of para-hydroxylation sites is 1. The fourth-order valence-corrected chi connectivity index (χ4v) is 4.51. The minimum Gasteiger partial charge on any atom is -0.496 e. The van der Waals surface area contributed by atoms with Crippen LogP contribution in [0.1, 0.15) is 5.56 Å². The second-order valence-corrected chi connectivity index (χ2v) is 8.93. The van der Waals surface area contributed by atoms with Crippen molar-refractivity contribution >= 4 is 33.6 Å². The molecule has 0 atom stereocenters. The Bertz CT molecular complexity index is 992. The Morgan fingerprint density at radius 1 is 0.968 bits per heavy atom. The molecule has 1 heterocycles. The van der Waals surface area contributed by atoms with Crippen LogP contribution in [0.5, 0.6) is 5.75 Å². The number of carbonyl (C=O) groups is 2. The van der Waals surface area contributed by atoms with E-state index in [9.17, 15) is 8.42 Å². The van der Waals surface area contributed by atoms with Crippen LogP contribution in [0.25, 0.3) is 0 Å². The Kier molecular flexibility index (Phi) is 8.81. The minimum atomic E-state index is -3.46. The Morgan fingerprint density at radius 2 is 1.52 bits per heavy atom. The van der Waals surface area contributed by atoms with Gasteiger partial charge in [-0.2, -0.15) is 4.31 Å². The van der Waals surface area contributed by atoms with E-state index in [1.54, 1.807) is 31.4 Å². The van der Waals surface area contributed by atoms with Crippen LogP contribution in [0.2, 0.25) is 5.02 Å². The number of carboxylic acid groups (broad SMARTS) is 2. The molecule has 0 unspecified atom stereocenters. The number of halogens is 1. The van der Waals surface area contributed by atoms with Crippen molar-refractivity contribution in [3.63, 3.8) is 0 Å². The van der Waals surface area contributed by atoms with Gasteiger partial charge in [-0.1, -0.05) is 29.8 Å². The Labute approximate surface area is 185 Å². The molecule has 168 valence electrons. The number of piperazine rings is 1. The van der Waals surface area contributed by atoms with Gasteiger partial charge in [0.05, 0.1) is 12.0 Å². The van der Waals surface area contributed by atoms with Crippen LogP contribution in [-0.4, -0.2) is 73.1 Å². The molecule has 1 fully saturated rings. The first-order chi connectivity index (χ1) is 14.6. The molecule has 0 aromatic heterocycles. The van der Waals surface area contributed by atoms with Crippen molar-refractivity contribution in [1.29, 1.82) is 0 Å². The summed E-state index contributed by atoms with van der Waals surface area (Å²) >= 11 is 5.84. The number of benzene rings is 2. The second-order valence-electron chi connectivity index (χ2n) is 6.56. The Balaban J connectivity index is 0.000000501. The number of aliphatic carboxylic acids is 2. The Morgan fingerprint density at radius 3 is 2.03 bits per heavy atom. The maximum Gasteiger partial charge on any atom is 0.414 e. The van der Waals surface area contributed by atoms with Crippen LogP contribution < -0.4 is 4.74 Å². The van der Waals surface area contributed by atoms with Crippen LogP contribution in [0.4, 0.5) is 0 Å². The van der Waals surface area contributed by atoms with Crippen LogP contribution in [0, 0.1) is 0 Å². The maximum absolute atomic E-state index is 12.7. The van der Waals surface area contributed by atoms with Crippen molar-refractivity contribution in [1.82, 2.24) is 9.21 Å². The molecule has 1 saturated heterocycles. The van der Waals surface area contributed by atoms with E-state index in [0.29, 0.717) is 31.2 Å². The van der Waals surface area contributed by atoms with E-state index in [1.807, 2.05) is 24.3 Å². The second kappa shape index (κ2) is 11.1. The standard InChI is InChI=1S/C18H21ClN2O3S.C2H2O4/c1-24-18-5-3-2-4-15(18)14-20-10-12-21(13-11-20)25(22,23)17-8-6-16(19)7-9-17;3-1(4)2(5)6/h2-9H,10-14H2,1H3;(H,3,4)(H,5,6). The predicted molar refractivity (Wildman–Crippen MR) is 114 cm³/mol. The Hall–Kier alpha value is -2.66. The largest absolute Gasteiger partial charge is 0.496 e. The molecule has 0 saturated carbocycles. The van der Waals surface area contributed by atoms with E-state index in [4.69, 9.17) is 36.1 Å². The average molecular weight is 471 g/mol. The number of carboxylic acids is 2. The van der Waals surface area contributed by atoms with Gasteiger partial charge in [-0.25, -0.2) is 18.0 Å². The van der Waals surface area contributed by atoms with Crippen molar-refractivity contribution in [3.8, 4) is 5.75 Å². The summed E-state index contributed by atoms with van der Waals surface area (Å²) in [6, 6.07) is 14.2. The van der Waals surface area contributed by atoms with Crippen molar-refractivity contribution < 1.29 is 33.0 Å². The van der Waals surface area contributed by atoms with Crippen molar-refractivity contribution in [3.05, 3.63) is 59.1 Å². The molecular formula is C20H23ClN2O7S. The summed E-state index contributed by atoms with van der Waals surface area (Å²) in [5.74, 6) is -2.79. The summed E-state index contributed by atoms with van der Waals surface area (Å²) in [5, 5.41) is 15.3. The molecule has 2 aromatic carbocycles. The zero-order chi connectivity index (χ0) is 23.0. The van der Waals surface area contributed by atoms with Crippen LogP contribution >= 0.6 is 11.6 Å². The van der Waals surface area contributed by atoms with Crippen LogP contribution in [0.15, 0.2) is 53.4 Å². The highest BCUT2D eigenvalue weighted by Gasteiger charge is 2.28. The van der Waals surface area contributed by atoms with E-state index in [0.717, 1.165) is 17.9 Å². The summed E-state index contributed by atoms with van der Waals surface area (Å²) < 4.78 is 32.3. The molecule has 11 heteroatoms. The van der Waals surface area contributed by atoms with Gasteiger partial charge in [0, 0.05) is 43.3 Å². The molecular weight excluding hydrogens is 448 g/mol. The lowest BCUT2D eigenvalue weighted by Crippen LogP contribution is -2.48. The lowest BCUT2D eigenvalue weighted by molar-refractivity contribution is -0.159. The number of rotatable bonds is 5. The maximum atomic E-state index is 12.7. The monoisotopic (exact) mass is 470 g/mol. The number of sulfonamides is 1. The average Bonchev–Trinajstić information content (AvgIpc) is 2.75. The predicted octanol–water partition coefficient (Wildman–Crippen LogP) is 2.01. The summed E-state index contributed by atoms with van der Waals surface area (Å²) in [7, 11) is -1.80. The fourth-order valence-electron chi connectivity index (χ4n) is 2.96. The first-order valence-electron chi connectivity index (χ1n) is 9.21. The lowest BCUT2D eigenvalue weighted by atomic mass is 10.2. The molecule has 1 aliphatic heterocycles. The van der Waals surface area contributed by atoms with Gasteiger partial charge in [0.25, 0.3) is 0 Å². The highest BCUT2D eigenvalue weighted by molar-refractivity contribution is 7.89. The molecule has 0 amide bonds. The van der Waals surface area contributed by atoms with Gasteiger partial charge in [0.15, 0.2) is 0 Å². The van der Waals surface area contributed by atoms with Gasteiger partial charge in [0.2, 0.25) is 10.0 Å². The number of hydrogen-bond donors (Lipinski definition) is 2. The summed E-state index contributed by atoms with van der Waals surface area (Å²) in [6.45, 7) is 3.06. The van der Waals surface area contributed by atoms with Crippen molar-refractivity contribution in [2.45, 2.75) is 11.4 Å². The van der Waals surface area contributed by atoms with E-state index in [-0.39, 0.29) is 4.90 Å².